The molecule has 0 aliphatic carbocycles. The van der Waals surface area contributed by atoms with Crippen molar-refractivity contribution in [1.29, 1.82) is 0 Å². The number of hydrogen-bond acceptors (Lipinski definition) is 1. The van der Waals surface area contributed by atoms with Gasteiger partial charge in [0.15, 0.2) is 0 Å². The van der Waals surface area contributed by atoms with Crippen molar-refractivity contribution in [2.45, 2.75) is 0 Å². The van der Waals surface area contributed by atoms with E-state index in [2.05, 4.69) is 203 Å². The number of furan rings is 1. The highest BCUT2D eigenvalue weighted by Gasteiger charge is 2.20. The molecule has 0 atom stereocenters. The van der Waals surface area contributed by atoms with Crippen molar-refractivity contribution in [3.05, 3.63) is 206 Å². The Hall–Kier alpha value is -7.62. The molecule has 0 fully saturated rings. The van der Waals surface area contributed by atoms with E-state index in [4.69, 9.17) is 4.42 Å². The van der Waals surface area contributed by atoms with Crippen LogP contribution >= 0.6 is 0 Å². The molecule has 0 N–H and O–H groups in total. The van der Waals surface area contributed by atoms with Crippen LogP contribution in [0.5, 0.6) is 0 Å². The molecule has 0 spiro atoms. The molecule has 12 aromatic rings. The molecule has 3 aromatic heterocycles. The molecule has 9 aromatic carbocycles. The molecule has 0 aliphatic rings. The number of fused-ring (bicyclic) bond motifs is 9. The van der Waals surface area contributed by atoms with E-state index in [-0.39, 0.29) is 0 Å². The molecule has 0 saturated heterocycles. The average molecular weight is 727 g/mol. The highest BCUT2D eigenvalue weighted by Crippen LogP contribution is 2.42. The summed E-state index contributed by atoms with van der Waals surface area (Å²) in [6, 6.07) is 74.5. The zero-order valence-electron chi connectivity index (χ0n) is 30.9. The van der Waals surface area contributed by atoms with E-state index in [9.17, 15) is 0 Å². The van der Waals surface area contributed by atoms with Gasteiger partial charge in [0.1, 0.15) is 11.2 Å². The second-order valence-electron chi connectivity index (χ2n) is 14.9. The first-order valence-corrected chi connectivity index (χ1v) is 19.5. The summed E-state index contributed by atoms with van der Waals surface area (Å²) in [4.78, 5) is 0. The van der Waals surface area contributed by atoms with Gasteiger partial charge in [-0.05, 0) is 100 Å². The number of rotatable bonds is 5. The molecular weight excluding hydrogens is 693 g/mol. The van der Waals surface area contributed by atoms with Crippen LogP contribution in [0.25, 0.3) is 110 Å². The minimum atomic E-state index is 0.898. The third kappa shape index (κ3) is 4.92. The van der Waals surface area contributed by atoms with Crippen molar-refractivity contribution >= 4 is 65.6 Å². The average Bonchev–Trinajstić information content (AvgIpc) is 3.94. The van der Waals surface area contributed by atoms with Crippen LogP contribution < -0.4 is 0 Å². The lowest BCUT2D eigenvalue weighted by Gasteiger charge is -2.12. The van der Waals surface area contributed by atoms with Gasteiger partial charge in [0.2, 0.25) is 0 Å². The molecule has 0 amide bonds. The van der Waals surface area contributed by atoms with E-state index in [1.54, 1.807) is 0 Å². The van der Waals surface area contributed by atoms with Gasteiger partial charge in [-0.15, -0.1) is 0 Å². The van der Waals surface area contributed by atoms with E-state index in [0.29, 0.717) is 0 Å². The lowest BCUT2D eigenvalue weighted by atomic mass is 9.96. The van der Waals surface area contributed by atoms with Crippen LogP contribution in [0.15, 0.2) is 211 Å². The number of benzene rings is 9. The largest absolute Gasteiger partial charge is 0.456 e. The summed E-state index contributed by atoms with van der Waals surface area (Å²) >= 11 is 0. The van der Waals surface area contributed by atoms with E-state index < -0.39 is 0 Å². The number of hydrogen-bond donors (Lipinski definition) is 0. The number of aromatic nitrogens is 2. The van der Waals surface area contributed by atoms with Crippen molar-refractivity contribution < 1.29 is 4.42 Å². The molecule has 3 heteroatoms. The zero-order chi connectivity index (χ0) is 37.5. The fraction of sp³-hybridized carbons (Fsp3) is 0. The number of para-hydroxylation sites is 3. The first-order valence-electron chi connectivity index (χ1n) is 19.5. The Morgan fingerprint density at radius 2 is 0.825 bits per heavy atom. The SMILES string of the molecule is c1ccc(-c2ccc(-c3cccc(-c4ccc5c(c4)c4ccccc4n5-c4cccc5c4c4ccccc4n5-c4ccc5oc6ccccc6c5c4)c3)cc2)cc1. The van der Waals surface area contributed by atoms with Gasteiger partial charge in [-0.3, -0.25) is 0 Å². The molecule has 266 valence electrons. The molecule has 3 heterocycles. The van der Waals surface area contributed by atoms with Gasteiger partial charge in [-0.25, -0.2) is 0 Å². The fourth-order valence-electron chi connectivity index (χ4n) is 9.09. The van der Waals surface area contributed by atoms with Crippen LogP contribution in [-0.2, 0) is 0 Å². The van der Waals surface area contributed by atoms with Gasteiger partial charge in [0.05, 0.1) is 27.8 Å². The Kier molecular flexibility index (Phi) is 6.93. The molecule has 57 heavy (non-hydrogen) atoms. The maximum absolute atomic E-state index is 6.22. The van der Waals surface area contributed by atoms with Gasteiger partial charge in [0, 0.05) is 38.0 Å². The smallest absolute Gasteiger partial charge is 0.135 e. The summed E-state index contributed by atoms with van der Waals surface area (Å²) in [6.45, 7) is 0. The summed E-state index contributed by atoms with van der Waals surface area (Å²) in [5.41, 5.74) is 16.1. The van der Waals surface area contributed by atoms with Crippen molar-refractivity contribution in [2.75, 3.05) is 0 Å². The van der Waals surface area contributed by atoms with Gasteiger partial charge >= 0.3 is 0 Å². The van der Waals surface area contributed by atoms with Crippen LogP contribution in [0.2, 0.25) is 0 Å². The quantitative estimate of drug-likeness (QED) is 0.173. The molecule has 0 saturated carbocycles. The first kappa shape index (κ1) is 31.7. The van der Waals surface area contributed by atoms with Crippen molar-refractivity contribution in [1.82, 2.24) is 9.13 Å². The highest BCUT2D eigenvalue weighted by molar-refractivity contribution is 6.17. The molecule has 12 rings (SSSR count). The van der Waals surface area contributed by atoms with Gasteiger partial charge in [0.25, 0.3) is 0 Å². The standard InChI is InChI=1S/C54H34N2O/c1-2-12-35(13-3-1)36-24-26-37(27-25-36)38-14-10-15-39(32-38)40-28-30-49-45(33-40)42-16-4-7-19-47(42)56(49)51-22-11-21-50-54(51)44-18-5-8-20-48(44)55(50)41-29-31-53-46(34-41)43-17-6-9-23-52(43)57-53/h1-34H. The van der Waals surface area contributed by atoms with E-state index >= 15 is 0 Å². The third-order valence-corrected chi connectivity index (χ3v) is 11.7. The van der Waals surface area contributed by atoms with Gasteiger partial charge in [-0.1, -0.05) is 140 Å². The Morgan fingerprint density at radius 1 is 0.281 bits per heavy atom. The molecule has 0 bridgehead atoms. The van der Waals surface area contributed by atoms with E-state index in [1.807, 2.05) is 12.1 Å². The molecule has 0 aliphatic heterocycles. The maximum atomic E-state index is 6.22. The van der Waals surface area contributed by atoms with Crippen LogP contribution in [0.1, 0.15) is 0 Å². The zero-order valence-corrected chi connectivity index (χ0v) is 30.9. The predicted octanol–water partition coefficient (Wildman–Crippen LogP) is 14.8. The molecule has 0 unspecified atom stereocenters. The molecule has 0 radical (unpaired) electrons. The Labute approximate surface area is 328 Å². The minimum Gasteiger partial charge on any atom is -0.456 e. The summed E-state index contributed by atoms with van der Waals surface area (Å²) in [5.74, 6) is 0. The summed E-state index contributed by atoms with van der Waals surface area (Å²) in [7, 11) is 0. The van der Waals surface area contributed by atoms with E-state index in [0.717, 1.165) is 38.8 Å². The van der Waals surface area contributed by atoms with Crippen molar-refractivity contribution in [3.63, 3.8) is 0 Å². The lowest BCUT2D eigenvalue weighted by Crippen LogP contribution is -1.96. The van der Waals surface area contributed by atoms with Crippen LogP contribution in [-0.4, -0.2) is 9.13 Å². The third-order valence-electron chi connectivity index (χ3n) is 11.7. The second kappa shape index (κ2) is 12.5. The summed E-state index contributed by atoms with van der Waals surface area (Å²) in [5, 5.41) is 7.16. The summed E-state index contributed by atoms with van der Waals surface area (Å²) < 4.78 is 11.1. The Bertz CT molecular complexity index is 3510. The monoisotopic (exact) mass is 726 g/mol. The number of nitrogens with zero attached hydrogens (tertiary/aromatic N) is 2. The normalized spacial score (nSPS) is 11.9. The summed E-state index contributed by atoms with van der Waals surface area (Å²) in [6.07, 6.45) is 0. The Balaban J connectivity index is 1.01. The topological polar surface area (TPSA) is 23.0 Å². The maximum Gasteiger partial charge on any atom is 0.135 e. The van der Waals surface area contributed by atoms with Gasteiger partial charge in [-0.2, -0.15) is 0 Å². The fourth-order valence-corrected chi connectivity index (χ4v) is 9.09. The first-order chi connectivity index (χ1) is 28.3. The van der Waals surface area contributed by atoms with Gasteiger partial charge < -0.3 is 13.6 Å². The van der Waals surface area contributed by atoms with Crippen LogP contribution in [0, 0.1) is 0 Å². The van der Waals surface area contributed by atoms with Crippen LogP contribution in [0.4, 0.5) is 0 Å². The molecular formula is C54H34N2O. The molecule has 3 nitrogen and oxygen atoms in total. The van der Waals surface area contributed by atoms with Crippen molar-refractivity contribution in [2.24, 2.45) is 0 Å². The minimum absolute atomic E-state index is 0.898. The predicted molar refractivity (Wildman–Crippen MR) is 239 cm³/mol. The highest BCUT2D eigenvalue weighted by atomic mass is 16.3. The van der Waals surface area contributed by atoms with E-state index in [1.165, 1.54) is 71.5 Å². The Morgan fingerprint density at radius 3 is 1.65 bits per heavy atom. The second-order valence-corrected chi connectivity index (χ2v) is 14.9. The lowest BCUT2D eigenvalue weighted by molar-refractivity contribution is 0.669. The van der Waals surface area contributed by atoms with Crippen molar-refractivity contribution in [3.8, 4) is 44.8 Å². The van der Waals surface area contributed by atoms with Crippen LogP contribution in [0.3, 0.4) is 0 Å².